The Morgan fingerprint density at radius 3 is 1.68 bits per heavy atom. The van der Waals surface area contributed by atoms with Gasteiger partial charge in [-0.1, -0.05) is 63.5 Å². The molecule has 2 saturated heterocycles. The molecular formula is C20H31NO3S. The van der Waals surface area contributed by atoms with Gasteiger partial charge in [0.1, 0.15) is 0 Å². The number of hydrogen-bond donors (Lipinski definition) is 1. The largest absolute Gasteiger partial charge is 0.365 e. The third-order valence-electron chi connectivity index (χ3n) is 5.79. The second kappa shape index (κ2) is 9.22. The van der Waals surface area contributed by atoms with Crippen molar-refractivity contribution in [2.75, 3.05) is 12.3 Å². The lowest BCUT2D eigenvalue weighted by Gasteiger charge is -2.17. The monoisotopic (exact) mass is 365 g/mol. The number of likely N-dealkylation sites (tertiary alicyclic amines) is 1. The van der Waals surface area contributed by atoms with Gasteiger partial charge >= 0.3 is 0 Å². The molecule has 4 atom stereocenters. The molecule has 3 aliphatic heterocycles. The maximum absolute atomic E-state index is 12.5. The minimum atomic E-state index is -0.245. The van der Waals surface area contributed by atoms with Crippen LogP contribution in [0.3, 0.4) is 0 Å². The number of unbranched alkanes of at least 4 members (excludes halogenated alkanes) is 9. The maximum Gasteiger partial charge on any atom is 0.236 e. The zero-order valence-electron chi connectivity index (χ0n) is 15.1. The van der Waals surface area contributed by atoms with Crippen LogP contribution >= 0.6 is 12.6 Å². The van der Waals surface area contributed by atoms with Gasteiger partial charge in [0.15, 0.2) is 0 Å². The highest BCUT2D eigenvalue weighted by atomic mass is 32.1. The maximum atomic E-state index is 12.5. The molecule has 2 fully saturated rings. The second-order valence-electron chi connectivity index (χ2n) is 7.59. The highest BCUT2D eigenvalue weighted by Gasteiger charge is 2.60. The van der Waals surface area contributed by atoms with E-state index in [1.54, 1.807) is 0 Å². The molecule has 0 saturated carbocycles. The standard InChI is InChI=1S/C20H31NO3S/c22-19-17-15-11-12-16(24-15)18(17)20(23)21(19)13-9-7-5-3-1-2-4-6-8-10-14-25/h11-12,15-18,25H,1-10,13-14H2. The fourth-order valence-corrected chi connectivity index (χ4v) is 4.61. The lowest BCUT2D eigenvalue weighted by Crippen LogP contribution is -2.35. The highest BCUT2D eigenvalue weighted by Crippen LogP contribution is 2.45. The Bertz CT molecular complexity index is 477. The van der Waals surface area contributed by atoms with Crippen LogP contribution in [0.4, 0.5) is 0 Å². The number of carbonyl (C=O) groups excluding carboxylic acids is 2. The van der Waals surface area contributed by atoms with E-state index in [2.05, 4.69) is 12.6 Å². The number of thiol groups is 1. The zero-order valence-corrected chi connectivity index (χ0v) is 16.0. The number of amides is 2. The van der Waals surface area contributed by atoms with Crippen LogP contribution in [0, 0.1) is 11.8 Å². The number of ether oxygens (including phenoxy) is 1. The Hall–Kier alpha value is -0.810. The van der Waals surface area contributed by atoms with E-state index in [4.69, 9.17) is 4.74 Å². The quantitative estimate of drug-likeness (QED) is 0.248. The van der Waals surface area contributed by atoms with Gasteiger partial charge in [0.2, 0.25) is 11.8 Å². The van der Waals surface area contributed by atoms with E-state index in [-0.39, 0.29) is 35.9 Å². The predicted molar refractivity (Wildman–Crippen MR) is 102 cm³/mol. The Morgan fingerprint density at radius 1 is 0.760 bits per heavy atom. The molecule has 0 aromatic heterocycles. The van der Waals surface area contributed by atoms with Crippen molar-refractivity contribution in [2.24, 2.45) is 11.8 Å². The van der Waals surface area contributed by atoms with Crippen molar-refractivity contribution in [2.45, 2.75) is 76.4 Å². The van der Waals surface area contributed by atoms with Gasteiger partial charge in [-0.3, -0.25) is 14.5 Å². The summed E-state index contributed by atoms with van der Waals surface area (Å²) in [6.07, 6.45) is 15.9. The number of nitrogens with zero attached hydrogens (tertiary/aromatic N) is 1. The molecule has 140 valence electrons. The van der Waals surface area contributed by atoms with Gasteiger partial charge in [0, 0.05) is 6.54 Å². The SMILES string of the molecule is O=C1C2C3C=CC(O3)C2C(=O)N1CCCCCCCCCCCCS. The van der Waals surface area contributed by atoms with Crippen LogP contribution in [0.2, 0.25) is 0 Å². The minimum Gasteiger partial charge on any atom is -0.365 e. The normalized spacial score (nSPS) is 29.9. The van der Waals surface area contributed by atoms with Gasteiger partial charge in [-0.25, -0.2) is 0 Å². The first-order chi connectivity index (χ1) is 12.2. The van der Waals surface area contributed by atoms with Crippen LogP contribution in [0.1, 0.15) is 64.2 Å². The van der Waals surface area contributed by atoms with E-state index < -0.39 is 0 Å². The first-order valence-electron chi connectivity index (χ1n) is 10.0. The summed E-state index contributed by atoms with van der Waals surface area (Å²) in [6.45, 7) is 0.591. The average molecular weight is 366 g/mol. The average Bonchev–Trinajstić information content (AvgIpc) is 3.28. The molecule has 0 aliphatic carbocycles. The summed E-state index contributed by atoms with van der Waals surface area (Å²) in [5.41, 5.74) is 0. The van der Waals surface area contributed by atoms with Crippen molar-refractivity contribution >= 4 is 24.4 Å². The molecule has 4 unspecified atom stereocenters. The van der Waals surface area contributed by atoms with Crippen molar-refractivity contribution in [3.63, 3.8) is 0 Å². The number of rotatable bonds is 12. The van der Waals surface area contributed by atoms with Crippen molar-refractivity contribution in [1.29, 1.82) is 0 Å². The topological polar surface area (TPSA) is 46.6 Å². The summed E-state index contributed by atoms with van der Waals surface area (Å²) in [5.74, 6) is 0.505. The van der Waals surface area contributed by atoms with Gasteiger partial charge in [-0.2, -0.15) is 12.6 Å². The Kier molecular flexibility index (Phi) is 7.00. The van der Waals surface area contributed by atoms with E-state index in [1.807, 2.05) is 12.2 Å². The van der Waals surface area contributed by atoms with Gasteiger partial charge in [-0.05, 0) is 18.6 Å². The van der Waals surface area contributed by atoms with Gasteiger partial charge in [0.25, 0.3) is 0 Å². The summed E-state index contributed by atoms with van der Waals surface area (Å²) in [6, 6.07) is 0. The predicted octanol–water partition coefficient (Wildman–Crippen LogP) is 3.76. The lowest BCUT2D eigenvalue weighted by atomic mass is 9.85. The molecule has 0 aromatic carbocycles. The second-order valence-corrected chi connectivity index (χ2v) is 8.04. The minimum absolute atomic E-state index is 0.00642. The van der Waals surface area contributed by atoms with Crippen molar-refractivity contribution in [1.82, 2.24) is 4.90 Å². The van der Waals surface area contributed by atoms with Crippen molar-refractivity contribution < 1.29 is 14.3 Å². The summed E-state index contributed by atoms with van der Waals surface area (Å²) < 4.78 is 5.66. The summed E-state index contributed by atoms with van der Waals surface area (Å²) in [7, 11) is 0. The third-order valence-corrected chi connectivity index (χ3v) is 6.11. The molecule has 4 nitrogen and oxygen atoms in total. The molecular weight excluding hydrogens is 334 g/mol. The van der Waals surface area contributed by atoms with Crippen LogP contribution in [0.25, 0.3) is 0 Å². The van der Waals surface area contributed by atoms with Crippen LogP contribution in [-0.4, -0.2) is 41.2 Å². The third kappa shape index (κ3) is 4.30. The van der Waals surface area contributed by atoms with Crippen LogP contribution < -0.4 is 0 Å². The molecule has 0 radical (unpaired) electrons. The summed E-state index contributed by atoms with van der Waals surface area (Å²) in [5, 5.41) is 0. The smallest absolute Gasteiger partial charge is 0.236 e. The number of hydrogen-bond acceptors (Lipinski definition) is 4. The van der Waals surface area contributed by atoms with E-state index in [0.717, 1.165) is 18.6 Å². The molecule has 3 heterocycles. The van der Waals surface area contributed by atoms with Gasteiger partial charge < -0.3 is 4.74 Å². The first kappa shape index (κ1) is 19.0. The molecule has 5 heteroatoms. The number of carbonyl (C=O) groups is 2. The molecule has 2 amide bonds. The molecule has 0 aromatic rings. The van der Waals surface area contributed by atoms with Crippen LogP contribution in [-0.2, 0) is 14.3 Å². The van der Waals surface area contributed by atoms with Crippen molar-refractivity contribution in [3.8, 4) is 0 Å². The molecule has 0 spiro atoms. The van der Waals surface area contributed by atoms with E-state index >= 15 is 0 Å². The summed E-state index contributed by atoms with van der Waals surface area (Å²) in [4.78, 5) is 26.5. The van der Waals surface area contributed by atoms with Gasteiger partial charge in [-0.15, -0.1) is 0 Å². The highest BCUT2D eigenvalue weighted by molar-refractivity contribution is 7.80. The van der Waals surface area contributed by atoms with Gasteiger partial charge in [0.05, 0.1) is 24.0 Å². The lowest BCUT2D eigenvalue weighted by molar-refractivity contribution is -0.142. The fourth-order valence-electron chi connectivity index (χ4n) is 4.38. The van der Waals surface area contributed by atoms with Crippen molar-refractivity contribution in [3.05, 3.63) is 12.2 Å². The first-order valence-corrected chi connectivity index (χ1v) is 10.7. The molecule has 3 rings (SSSR count). The number of imide groups is 1. The van der Waals surface area contributed by atoms with E-state index in [9.17, 15) is 9.59 Å². The Morgan fingerprint density at radius 2 is 1.20 bits per heavy atom. The Labute approximate surface area is 156 Å². The van der Waals surface area contributed by atoms with E-state index in [1.165, 1.54) is 56.3 Å². The molecule has 3 aliphatic rings. The van der Waals surface area contributed by atoms with Crippen LogP contribution in [0.5, 0.6) is 0 Å². The fraction of sp³-hybridized carbons (Fsp3) is 0.800. The molecule has 25 heavy (non-hydrogen) atoms. The van der Waals surface area contributed by atoms with Crippen LogP contribution in [0.15, 0.2) is 12.2 Å². The summed E-state index contributed by atoms with van der Waals surface area (Å²) >= 11 is 4.23. The van der Waals surface area contributed by atoms with E-state index in [0.29, 0.717) is 6.54 Å². The molecule has 0 N–H and O–H groups in total. The number of fused-ring (bicyclic) bond motifs is 5. The zero-order chi connectivity index (χ0) is 17.6. The molecule has 2 bridgehead atoms. The Balaban J connectivity index is 1.24.